The third-order valence-electron chi connectivity index (χ3n) is 3.85. The number of halogens is 1. The standard InChI is InChI=1S/C18H21ClN2O3/c1-21(17(12-22)13-7-9-15(24-2)10-8-13)18(23)20-11-14-5-3-4-6-16(14)19/h3-10,17,22H,11-12H2,1-2H3,(H,20,23). The van der Waals surface area contributed by atoms with Crippen molar-refractivity contribution in [2.75, 3.05) is 20.8 Å². The van der Waals surface area contributed by atoms with Crippen molar-refractivity contribution in [3.8, 4) is 5.75 Å². The summed E-state index contributed by atoms with van der Waals surface area (Å²) in [4.78, 5) is 13.8. The molecule has 24 heavy (non-hydrogen) atoms. The molecule has 1 unspecified atom stereocenters. The zero-order valence-electron chi connectivity index (χ0n) is 13.7. The Morgan fingerprint density at radius 2 is 1.92 bits per heavy atom. The fraction of sp³-hybridized carbons (Fsp3) is 0.278. The number of benzene rings is 2. The minimum atomic E-state index is -0.442. The number of ether oxygens (including phenoxy) is 1. The number of aliphatic hydroxyl groups is 1. The van der Waals surface area contributed by atoms with Crippen molar-refractivity contribution in [1.29, 1.82) is 0 Å². The second-order valence-corrected chi connectivity index (χ2v) is 5.74. The van der Waals surface area contributed by atoms with E-state index in [1.807, 2.05) is 30.3 Å². The van der Waals surface area contributed by atoms with Gasteiger partial charge in [0, 0.05) is 18.6 Å². The number of likely N-dealkylation sites (N-methyl/N-ethyl adjacent to an activating group) is 1. The van der Waals surface area contributed by atoms with E-state index < -0.39 is 6.04 Å². The van der Waals surface area contributed by atoms with Gasteiger partial charge in [0.15, 0.2) is 0 Å². The molecule has 1 atom stereocenters. The lowest BCUT2D eigenvalue weighted by molar-refractivity contribution is 0.149. The molecule has 0 aliphatic rings. The number of hydrogen-bond donors (Lipinski definition) is 2. The highest BCUT2D eigenvalue weighted by atomic mass is 35.5. The van der Waals surface area contributed by atoms with Crippen LogP contribution in [0.25, 0.3) is 0 Å². The highest BCUT2D eigenvalue weighted by Gasteiger charge is 2.21. The van der Waals surface area contributed by atoms with Crippen molar-refractivity contribution in [3.63, 3.8) is 0 Å². The number of carbonyl (C=O) groups excluding carboxylic acids is 1. The molecule has 2 aromatic carbocycles. The first-order chi connectivity index (χ1) is 11.6. The summed E-state index contributed by atoms with van der Waals surface area (Å²) in [7, 11) is 3.24. The number of methoxy groups -OCH3 is 1. The van der Waals surface area contributed by atoms with Crippen molar-refractivity contribution in [2.45, 2.75) is 12.6 Å². The van der Waals surface area contributed by atoms with Crippen LogP contribution in [0.4, 0.5) is 4.79 Å². The van der Waals surface area contributed by atoms with E-state index in [-0.39, 0.29) is 12.6 Å². The summed E-state index contributed by atoms with van der Waals surface area (Å²) < 4.78 is 5.12. The molecule has 0 saturated carbocycles. The summed E-state index contributed by atoms with van der Waals surface area (Å²) >= 11 is 6.08. The molecule has 0 radical (unpaired) electrons. The van der Waals surface area contributed by atoms with E-state index in [9.17, 15) is 9.90 Å². The third-order valence-corrected chi connectivity index (χ3v) is 4.22. The van der Waals surface area contributed by atoms with Gasteiger partial charge in [-0.1, -0.05) is 41.9 Å². The molecular formula is C18H21ClN2O3. The van der Waals surface area contributed by atoms with Crippen LogP contribution in [0.15, 0.2) is 48.5 Å². The maximum Gasteiger partial charge on any atom is 0.318 e. The number of hydrogen-bond acceptors (Lipinski definition) is 3. The molecule has 128 valence electrons. The Morgan fingerprint density at radius 1 is 1.25 bits per heavy atom. The number of rotatable bonds is 6. The molecular weight excluding hydrogens is 328 g/mol. The topological polar surface area (TPSA) is 61.8 Å². The SMILES string of the molecule is COc1ccc(C(CO)N(C)C(=O)NCc2ccccc2Cl)cc1. The van der Waals surface area contributed by atoms with Gasteiger partial charge < -0.3 is 20.1 Å². The first-order valence-corrected chi connectivity index (χ1v) is 7.93. The van der Waals surface area contributed by atoms with Crippen LogP contribution >= 0.6 is 11.6 Å². The molecule has 2 amide bonds. The molecule has 0 heterocycles. The molecule has 0 spiro atoms. The van der Waals surface area contributed by atoms with Crippen molar-refractivity contribution < 1.29 is 14.6 Å². The summed E-state index contributed by atoms with van der Waals surface area (Å²) in [5.74, 6) is 0.723. The highest BCUT2D eigenvalue weighted by molar-refractivity contribution is 6.31. The molecule has 5 nitrogen and oxygen atoms in total. The lowest BCUT2D eigenvalue weighted by Crippen LogP contribution is -2.40. The molecule has 2 aromatic rings. The van der Waals surface area contributed by atoms with Gasteiger partial charge in [-0.05, 0) is 29.3 Å². The Balaban J connectivity index is 2.02. The van der Waals surface area contributed by atoms with E-state index in [2.05, 4.69) is 5.32 Å². The predicted octanol–water partition coefficient (Wildman–Crippen LogP) is 3.22. The Kier molecular flexibility index (Phi) is 6.46. The third kappa shape index (κ3) is 4.40. The number of urea groups is 1. The van der Waals surface area contributed by atoms with Gasteiger partial charge in [0.25, 0.3) is 0 Å². The van der Waals surface area contributed by atoms with Gasteiger partial charge in [-0.15, -0.1) is 0 Å². The molecule has 0 aliphatic heterocycles. The second-order valence-electron chi connectivity index (χ2n) is 5.33. The lowest BCUT2D eigenvalue weighted by atomic mass is 10.1. The molecule has 0 saturated heterocycles. The van der Waals surface area contributed by atoms with E-state index in [4.69, 9.17) is 16.3 Å². The first-order valence-electron chi connectivity index (χ1n) is 7.55. The van der Waals surface area contributed by atoms with Gasteiger partial charge in [0.1, 0.15) is 5.75 Å². The van der Waals surface area contributed by atoms with Crippen LogP contribution in [0.3, 0.4) is 0 Å². The van der Waals surface area contributed by atoms with Crippen LogP contribution < -0.4 is 10.1 Å². The average Bonchev–Trinajstić information content (AvgIpc) is 2.62. The predicted molar refractivity (Wildman–Crippen MR) is 94.3 cm³/mol. The Labute approximate surface area is 146 Å². The summed E-state index contributed by atoms with van der Waals surface area (Å²) in [5.41, 5.74) is 1.67. The summed E-state index contributed by atoms with van der Waals surface area (Å²) in [6.07, 6.45) is 0. The van der Waals surface area contributed by atoms with Crippen LogP contribution in [0.1, 0.15) is 17.2 Å². The van der Waals surface area contributed by atoms with Crippen LogP contribution in [0.5, 0.6) is 5.75 Å². The fourth-order valence-electron chi connectivity index (χ4n) is 2.36. The molecule has 0 fully saturated rings. The lowest BCUT2D eigenvalue weighted by Gasteiger charge is -2.27. The van der Waals surface area contributed by atoms with Crippen LogP contribution in [-0.2, 0) is 6.54 Å². The normalized spacial score (nSPS) is 11.7. The van der Waals surface area contributed by atoms with E-state index in [0.29, 0.717) is 11.6 Å². The maximum atomic E-state index is 12.4. The number of aliphatic hydroxyl groups excluding tert-OH is 1. The van der Waals surface area contributed by atoms with Gasteiger partial charge >= 0.3 is 6.03 Å². The molecule has 0 bridgehead atoms. The molecule has 6 heteroatoms. The first kappa shape index (κ1) is 18.1. The Morgan fingerprint density at radius 3 is 2.50 bits per heavy atom. The maximum absolute atomic E-state index is 12.4. The van der Waals surface area contributed by atoms with Crippen molar-refractivity contribution in [3.05, 3.63) is 64.7 Å². The average molecular weight is 349 g/mol. The molecule has 2 N–H and O–H groups in total. The van der Waals surface area contributed by atoms with Gasteiger partial charge in [0.2, 0.25) is 0 Å². The monoisotopic (exact) mass is 348 g/mol. The van der Waals surface area contributed by atoms with Gasteiger partial charge in [-0.2, -0.15) is 0 Å². The largest absolute Gasteiger partial charge is 0.497 e. The smallest absolute Gasteiger partial charge is 0.318 e. The van der Waals surface area contributed by atoms with Gasteiger partial charge in [-0.3, -0.25) is 0 Å². The zero-order valence-corrected chi connectivity index (χ0v) is 14.5. The highest BCUT2D eigenvalue weighted by Crippen LogP contribution is 2.22. The van der Waals surface area contributed by atoms with Crippen molar-refractivity contribution >= 4 is 17.6 Å². The number of nitrogens with zero attached hydrogens (tertiary/aromatic N) is 1. The van der Waals surface area contributed by atoms with Gasteiger partial charge in [-0.25, -0.2) is 4.79 Å². The summed E-state index contributed by atoms with van der Waals surface area (Å²) in [5, 5.41) is 13.1. The molecule has 0 aromatic heterocycles. The fourth-order valence-corrected chi connectivity index (χ4v) is 2.56. The molecule has 0 aliphatic carbocycles. The van der Waals surface area contributed by atoms with Crippen LogP contribution in [0, 0.1) is 0 Å². The van der Waals surface area contributed by atoms with E-state index in [1.165, 1.54) is 4.90 Å². The van der Waals surface area contributed by atoms with E-state index in [1.54, 1.807) is 32.4 Å². The van der Waals surface area contributed by atoms with Crippen molar-refractivity contribution in [1.82, 2.24) is 10.2 Å². The van der Waals surface area contributed by atoms with Crippen LogP contribution in [-0.4, -0.2) is 36.8 Å². The quantitative estimate of drug-likeness (QED) is 0.842. The number of amides is 2. The minimum absolute atomic E-state index is 0.178. The van der Waals surface area contributed by atoms with Gasteiger partial charge in [0.05, 0.1) is 19.8 Å². The Bertz CT molecular complexity index is 676. The van der Waals surface area contributed by atoms with E-state index >= 15 is 0 Å². The summed E-state index contributed by atoms with van der Waals surface area (Å²) in [6, 6.07) is 13.9. The zero-order chi connectivity index (χ0) is 17.5. The van der Waals surface area contributed by atoms with Crippen LogP contribution in [0.2, 0.25) is 5.02 Å². The van der Waals surface area contributed by atoms with E-state index in [0.717, 1.165) is 16.9 Å². The number of carbonyl (C=O) groups is 1. The van der Waals surface area contributed by atoms with Crippen molar-refractivity contribution in [2.24, 2.45) is 0 Å². The Hall–Kier alpha value is -2.24. The second kappa shape index (κ2) is 8.57. The summed E-state index contributed by atoms with van der Waals surface area (Å²) in [6.45, 7) is 0.145. The number of nitrogens with one attached hydrogen (secondary N) is 1. The molecule has 2 rings (SSSR count). The minimum Gasteiger partial charge on any atom is -0.497 e.